The van der Waals surface area contributed by atoms with Crippen LogP contribution in [0.2, 0.25) is 0 Å². The molecule has 1 rings (SSSR count). The second kappa shape index (κ2) is 7.31. The van der Waals surface area contributed by atoms with Gasteiger partial charge in [-0.2, -0.15) is 5.10 Å². The van der Waals surface area contributed by atoms with Gasteiger partial charge in [0.25, 0.3) is 0 Å². The molecule has 3 N–H and O–H groups in total. The largest absolute Gasteiger partial charge is 0.383 e. The number of nitrogens with zero attached hydrogens (tertiary/aromatic N) is 4. The minimum Gasteiger partial charge on any atom is -0.383 e. The Labute approximate surface area is 110 Å². The summed E-state index contributed by atoms with van der Waals surface area (Å²) in [6.07, 6.45) is 2.55. The van der Waals surface area contributed by atoms with E-state index in [2.05, 4.69) is 15.4 Å². The highest BCUT2D eigenvalue weighted by Crippen LogP contribution is 2.07. The first-order valence-electron chi connectivity index (χ1n) is 5.75. The van der Waals surface area contributed by atoms with Crippen molar-refractivity contribution in [3.05, 3.63) is 22.5 Å². The van der Waals surface area contributed by atoms with E-state index < -0.39 is 4.92 Å². The predicted octanol–water partition coefficient (Wildman–Crippen LogP) is -0.269. The maximum absolute atomic E-state index is 10.5. The SMILES string of the molecule is COCC(C)NC(N)=NCCn1cc([N+](=O)[O-])cn1. The maximum Gasteiger partial charge on any atom is 0.306 e. The van der Waals surface area contributed by atoms with Crippen LogP contribution in [-0.2, 0) is 11.3 Å². The summed E-state index contributed by atoms with van der Waals surface area (Å²) < 4.78 is 6.40. The molecule has 0 fully saturated rings. The van der Waals surface area contributed by atoms with E-state index in [1.807, 2.05) is 6.92 Å². The third kappa shape index (κ3) is 5.34. The fourth-order valence-electron chi connectivity index (χ4n) is 1.43. The summed E-state index contributed by atoms with van der Waals surface area (Å²) in [5.74, 6) is 0.311. The van der Waals surface area contributed by atoms with E-state index in [0.717, 1.165) is 0 Å². The molecule has 1 aromatic rings. The van der Waals surface area contributed by atoms with Crippen molar-refractivity contribution in [1.82, 2.24) is 15.1 Å². The number of rotatable bonds is 7. The van der Waals surface area contributed by atoms with Gasteiger partial charge in [0.15, 0.2) is 5.96 Å². The fourth-order valence-corrected chi connectivity index (χ4v) is 1.43. The molecule has 0 aliphatic rings. The number of aliphatic imine (C=N–C) groups is 1. The highest BCUT2D eigenvalue weighted by Gasteiger charge is 2.08. The maximum atomic E-state index is 10.5. The van der Waals surface area contributed by atoms with Crippen LogP contribution < -0.4 is 11.1 Å². The van der Waals surface area contributed by atoms with E-state index >= 15 is 0 Å². The van der Waals surface area contributed by atoms with E-state index in [-0.39, 0.29) is 11.7 Å². The number of ether oxygens (including phenoxy) is 1. The number of nitrogens with one attached hydrogen (secondary N) is 1. The van der Waals surface area contributed by atoms with Gasteiger partial charge in [-0.3, -0.25) is 19.8 Å². The van der Waals surface area contributed by atoms with Crippen LogP contribution in [-0.4, -0.2) is 47.0 Å². The minimum absolute atomic E-state index is 0.0382. The first-order chi connectivity index (χ1) is 9.02. The van der Waals surface area contributed by atoms with Crippen LogP contribution in [0.4, 0.5) is 5.69 Å². The molecule has 1 unspecified atom stereocenters. The smallest absolute Gasteiger partial charge is 0.306 e. The Bertz CT molecular complexity index is 444. The summed E-state index contributed by atoms with van der Waals surface area (Å²) in [5.41, 5.74) is 5.63. The van der Waals surface area contributed by atoms with Gasteiger partial charge in [0.05, 0.1) is 24.6 Å². The van der Waals surface area contributed by atoms with Crippen LogP contribution in [0.5, 0.6) is 0 Å². The quantitative estimate of drug-likeness (QED) is 0.304. The highest BCUT2D eigenvalue weighted by atomic mass is 16.6. The zero-order valence-electron chi connectivity index (χ0n) is 10.9. The second-order valence-electron chi connectivity index (χ2n) is 3.99. The van der Waals surface area contributed by atoms with Gasteiger partial charge in [0.1, 0.15) is 12.4 Å². The summed E-state index contributed by atoms with van der Waals surface area (Å²) in [4.78, 5) is 14.1. The Kier molecular flexibility index (Phi) is 5.73. The van der Waals surface area contributed by atoms with Crippen molar-refractivity contribution in [2.45, 2.75) is 19.5 Å². The van der Waals surface area contributed by atoms with Crippen LogP contribution in [0, 0.1) is 10.1 Å². The minimum atomic E-state index is -0.491. The molecule has 9 heteroatoms. The molecular weight excluding hydrogens is 252 g/mol. The molecule has 106 valence electrons. The summed E-state index contributed by atoms with van der Waals surface area (Å²) in [7, 11) is 1.61. The van der Waals surface area contributed by atoms with E-state index in [1.54, 1.807) is 7.11 Å². The molecule has 0 radical (unpaired) electrons. The van der Waals surface area contributed by atoms with Gasteiger partial charge in [-0.1, -0.05) is 0 Å². The lowest BCUT2D eigenvalue weighted by Crippen LogP contribution is -2.40. The van der Waals surface area contributed by atoms with Crippen molar-refractivity contribution in [3.8, 4) is 0 Å². The molecule has 19 heavy (non-hydrogen) atoms. The number of guanidine groups is 1. The first-order valence-corrected chi connectivity index (χ1v) is 5.75. The fraction of sp³-hybridized carbons (Fsp3) is 0.600. The van der Waals surface area contributed by atoms with E-state index in [1.165, 1.54) is 17.1 Å². The average Bonchev–Trinajstić information content (AvgIpc) is 2.78. The molecule has 1 heterocycles. The van der Waals surface area contributed by atoms with Gasteiger partial charge >= 0.3 is 5.69 Å². The van der Waals surface area contributed by atoms with Crippen molar-refractivity contribution in [2.75, 3.05) is 20.3 Å². The molecule has 0 saturated heterocycles. The van der Waals surface area contributed by atoms with Gasteiger partial charge in [-0.25, -0.2) is 0 Å². The van der Waals surface area contributed by atoms with Gasteiger partial charge in [0.2, 0.25) is 0 Å². The summed E-state index contributed by atoms with van der Waals surface area (Å²) >= 11 is 0. The molecule has 1 aromatic heterocycles. The van der Waals surface area contributed by atoms with E-state index in [9.17, 15) is 10.1 Å². The van der Waals surface area contributed by atoms with Crippen LogP contribution >= 0.6 is 0 Å². The molecule has 0 bridgehead atoms. The van der Waals surface area contributed by atoms with Crippen molar-refractivity contribution < 1.29 is 9.66 Å². The monoisotopic (exact) mass is 270 g/mol. The normalized spacial score (nSPS) is 13.3. The van der Waals surface area contributed by atoms with Crippen molar-refractivity contribution in [2.24, 2.45) is 10.7 Å². The standard InChI is InChI=1S/C10H18N6O3/c1-8(7-19-2)14-10(11)12-3-4-15-6-9(5-13-15)16(17)18/h5-6,8H,3-4,7H2,1-2H3,(H3,11,12,14). The Hall–Kier alpha value is -2.16. The molecule has 0 spiro atoms. The number of hydrogen-bond acceptors (Lipinski definition) is 5. The molecule has 0 aliphatic heterocycles. The molecule has 0 amide bonds. The van der Waals surface area contributed by atoms with Gasteiger partial charge < -0.3 is 15.8 Å². The highest BCUT2D eigenvalue weighted by molar-refractivity contribution is 5.78. The Morgan fingerprint density at radius 3 is 3.11 bits per heavy atom. The number of methoxy groups -OCH3 is 1. The van der Waals surface area contributed by atoms with E-state index in [0.29, 0.717) is 25.7 Å². The molecule has 0 aliphatic carbocycles. The topological polar surface area (TPSA) is 121 Å². The summed E-state index contributed by atoms with van der Waals surface area (Å²) in [5, 5.41) is 17.3. The Morgan fingerprint density at radius 1 is 1.79 bits per heavy atom. The average molecular weight is 270 g/mol. The van der Waals surface area contributed by atoms with Crippen molar-refractivity contribution in [3.63, 3.8) is 0 Å². The predicted molar refractivity (Wildman–Crippen MR) is 69.8 cm³/mol. The van der Waals surface area contributed by atoms with Gasteiger partial charge in [0, 0.05) is 13.2 Å². The lowest BCUT2D eigenvalue weighted by Gasteiger charge is -2.12. The van der Waals surface area contributed by atoms with Crippen LogP contribution in [0.3, 0.4) is 0 Å². The number of aromatic nitrogens is 2. The Morgan fingerprint density at radius 2 is 2.53 bits per heavy atom. The molecular formula is C10H18N6O3. The van der Waals surface area contributed by atoms with Crippen molar-refractivity contribution >= 4 is 11.6 Å². The van der Waals surface area contributed by atoms with Crippen LogP contribution in [0.1, 0.15) is 6.92 Å². The number of nitro groups is 1. The third-order valence-corrected chi connectivity index (χ3v) is 2.25. The van der Waals surface area contributed by atoms with E-state index in [4.69, 9.17) is 10.5 Å². The zero-order chi connectivity index (χ0) is 14.3. The Balaban J connectivity index is 2.37. The first kappa shape index (κ1) is 14.9. The van der Waals surface area contributed by atoms with Crippen LogP contribution in [0.25, 0.3) is 0 Å². The lowest BCUT2D eigenvalue weighted by atomic mass is 10.4. The molecule has 1 atom stereocenters. The summed E-state index contributed by atoms with van der Waals surface area (Å²) in [6.45, 7) is 3.26. The molecule has 0 aromatic carbocycles. The van der Waals surface area contributed by atoms with Gasteiger partial charge in [-0.05, 0) is 6.92 Å². The molecule has 0 saturated carbocycles. The van der Waals surface area contributed by atoms with Crippen LogP contribution in [0.15, 0.2) is 17.4 Å². The van der Waals surface area contributed by atoms with Crippen molar-refractivity contribution in [1.29, 1.82) is 0 Å². The number of hydrogen-bond donors (Lipinski definition) is 2. The van der Waals surface area contributed by atoms with Gasteiger partial charge in [-0.15, -0.1) is 0 Å². The number of nitrogens with two attached hydrogens (primary N) is 1. The summed E-state index contributed by atoms with van der Waals surface area (Å²) in [6, 6.07) is 0.0690. The lowest BCUT2D eigenvalue weighted by molar-refractivity contribution is -0.385. The molecule has 9 nitrogen and oxygen atoms in total. The zero-order valence-corrected chi connectivity index (χ0v) is 10.9. The second-order valence-corrected chi connectivity index (χ2v) is 3.99. The third-order valence-electron chi connectivity index (χ3n) is 2.25.